The Bertz CT molecular complexity index is 3340. The molecule has 6 heteroatoms. The predicted octanol–water partition coefficient (Wildman–Crippen LogP) is 16.1. The number of benzene rings is 6. The van der Waals surface area contributed by atoms with Crippen LogP contribution in [-0.2, 0) is 27.1 Å². The predicted molar refractivity (Wildman–Crippen MR) is 287 cm³/mol. The molecule has 0 fully saturated rings. The number of aromatic nitrogens is 5. The van der Waals surface area contributed by atoms with Gasteiger partial charge in [-0.3, -0.25) is 9.13 Å². The van der Waals surface area contributed by atoms with E-state index in [0.29, 0.717) is 0 Å². The molecule has 0 amide bonds. The Hall–Kier alpha value is -6.79. The van der Waals surface area contributed by atoms with Gasteiger partial charge in [0.05, 0.1) is 22.4 Å². The molecule has 69 heavy (non-hydrogen) atoms. The van der Waals surface area contributed by atoms with Gasteiger partial charge >= 0.3 is 0 Å². The lowest BCUT2D eigenvalue weighted by Gasteiger charge is -2.26. The largest absolute Gasteiger partial charge is 0.458 e. The van der Waals surface area contributed by atoms with E-state index in [1.54, 1.807) is 0 Å². The van der Waals surface area contributed by atoms with Crippen molar-refractivity contribution in [3.63, 3.8) is 0 Å². The van der Waals surface area contributed by atoms with Crippen molar-refractivity contribution in [1.29, 1.82) is 0 Å². The fourth-order valence-electron chi connectivity index (χ4n) is 9.05. The van der Waals surface area contributed by atoms with Gasteiger partial charge in [0.1, 0.15) is 17.3 Å². The van der Waals surface area contributed by atoms with Crippen LogP contribution in [0.4, 0.5) is 0 Å². The maximum absolute atomic E-state index is 7.06. The first-order valence-corrected chi connectivity index (χ1v) is 24.5. The number of hydrogen-bond acceptors (Lipinski definition) is 3. The fourth-order valence-corrected chi connectivity index (χ4v) is 9.05. The number of fused-ring (bicyclic) bond motifs is 3. The number of rotatable bonds is 7. The zero-order valence-electron chi connectivity index (χ0n) is 43.5. The molecule has 0 atom stereocenters. The van der Waals surface area contributed by atoms with Crippen LogP contribution < -0.4 is 9.42 Å². The summed E-state index contributed by atoms with van der Waals surface area (Å²) >= 11 is 0. The first-order chi connectivity index (χ1) is 32.3. The zero-order valence-corrected chi connectivity index (χ0v) is 43.5. The molecule has 0 aliphatic heterocycles. The zero-order chi connectivity index (χ0) is 49.4. The maximum Gasteiger partial charge on any atom is 0.273 e. The van der Waals surface area contributed by atoms with Gasteiger partial charge in [-0.25, -0.2) is 4.98 Å². The summed E-state index contributed by atoms with van der Waals surface area (Å²) < 4.78 is 13.4. The second-order valence-corrected chi connectivity index (χ2v) is 24.1. The molecule has 3 heterocycles. The molecule has 3 aromatic heterocycles. The molecule has 6 nitrogen and oxygen atoms in total. The molecular weight excluding hydrogens is 843 g/mol. The molecule has 0 aliphatic rings. The minimum absolute atomic E-state index is 0.0311. The van der Waals surface area contributed by atoms with Gasteiger partial charge in [0, 0.05) is 28.6 Å². The van der Waals surface area contributed by atoms with E-state index in [0.717, 1.165) is 73.2 Å². The van der Waals surface area contributed by atoms with Crippen molar-refractivity contribution in [3.8, 4) is 51.2 Å². The highest BCUT2D eigenvalue weighted by molar-refractivity contribution is 6.09. The van der Waals surface area contributed by atoms with Crippen LogP contribution in [0.1, 0.15) is 132 Å². The van der Waals surface area contributed by atoms with Crippen LogP contribution in [0.2, 0.25) is 0 Å². The van der Waals surface area contributed by atoms with Crippen LogP contribution in [0.3, 0.4) is 0 Å². The van der Waals surface area contributed by atoms with Gasteiger partial charge in [-0.05, 0) is 108 Å². The summed E-state index contributed by atoms with van der Waals surface area (Å²) in [6.45, 7) is 34.0. The lowest BCUT2D eigenvalue weighted by Crippen LogP contribution is -2.34. The Kier molecular flexibility index (Phi) is 11.7. The molecule has 0 bridgehead atoms. The van der Waals surface area contributed by atoms with Crippen molar-refractivity contribution in [1.82, 2.24) is 19.2 Å². The standard InChI is InChI=1S/C63H69N5O/c1-59(2,3)42-25-27-51(41-21-17-16-18-22-41)54(36-42)58-65-67(48-33-44(61(7,8)9)31-45(34-48)62(10,11)12)40-66(58)47-32-46(63(13,14)15)35-50(38-47)69-49-26-28-53-52-23-19-20-24-55(52)68(56(53)39-49)57-37-43(29-30-64-57)60(4,5)6/h16-39H,1-15H3. The number of para-hydroxylation sites is 1. The highest BCUT2D eigenvalue weighted by atomic mass is 16.5. The Morgan fingerprint density at radius 1 is 0.464 bits per heavy atom. The Morgan fingerprint density at radius 2 is 1.06 bits per heavy atom. The number of hydrogen-bond donors (Lipinski definition) is 0. The number of pyridine rings is 1. The molecule has 0 saturated heterocycles. The summed E-state index contributed by atoms with van der Waals surface area (Å²) in [5, 5.41) is 7.89. The minimum Gasteiger partial charge on any atom is -0.458 e. The van der Waals surface area contributed by atoms with Gasteiger partial charge < -0.3 is 4.74 Å². The fraction of sp³-hybridized carbons (Fsp3) is 0.317. The normalized spacial score (nSPS) is 12.9. The van der Waals surface area contributed by atoms with Crippen molar-refractivity contribution in [2.75, 3.05) is 0 Å². The Labute approximate surface area is 410 Å². The third kappa shape index (κ3) is 9.51. The summed E-state index contributed by atoms with van der Waals surface area (Å²) in [6, 6.07) is 50.3. The van der Waals surface area contributed by atoms with E-state index in [1.165, 1.54) is 27.6 Å². The van der Waals surface area contributed by atoms with Gasteiger partial charge in [0.25, 0.3) is 6.33 Å². The van der Waals surface area contributed by atoms with E-state index in [2.05, 4.69) is 259 Å². The SMILES string of the molecule is CC(C)(C)c1cc(Oc2ccc3c4ccccc4n(-c4cc(C(C)(C)C)ccn4)c3c2)cc(-n2[c-][n+](-c3cc(C(C)(C)C)cc(C(C)(C)C)c3)nc2-c2cc(C(C)(C)C)ccc2-c2ccccc2)c1. The number of nitrogens with zero attached hydrogens (tertiary/aromatic N) is 5. The van der Waals surface area contributed by atoms with E-state index < -0.39 is 0 Å². The van der Waals surface area contributed by atoms with Crippen LogP contribution in [0.25, 0.3) is 61.5 Å². The van der Waals surface area contributed by atoms with Crippen LogP contribution in [0.15, 0.2) is 146 Å². The van der Waals surface area contributed by atoms with E-state index in [4.69, 9.17) is 14.8 Å². The van der Waals surface area contributed by atoms with Crippen molar-refractivity contribution < 1.29 is 9.42 Å². The van der Waals surface area contributed by atoms with Crippen molar-refractivity contribution >= 4 is 21.8 Å². The van der Waals surface area contributed by atoms with E-state index >= 15 is 0 Å². The first-order valence-electron chi connectivity index (χ1n) is 24.5. The van der Waals surface area contributed by atoms with E-state index in [9.17, 15) is 0 Å². The van der Waals surface area contributed by atoms with Gasteiger partial charge in [0.2, 0.25) is 0 Å². The third-order valence-corrected chi connectivity index (χ3v) is 13.4. The van der Waals surface area contributed by atoms with Gasteiger partial charge in [-0.1, -0.05) is 195 Å². The van der Waals surface area contributed by atoms with Crippen LogP contribution >= 0.6 is 0 Å². The van der Waals surface area contributed by atoms with Crippen LogP contribution in [0, 0.1) is 6.33 Å². The number of ether oxygens (including phenoxy) is 1. The van der Waals surface area contributed by atoms with Gasteiger partial charge in [0.15, 0.2) is 5.82 Å². The molecule has 352 valence electrons. The summed E-state index contributed by atoms with van der Waals surface area (Å²) in [5.74, 6) is 3.13. The summed E-state index contributed by atoms with van der Waals surface area (Å²) in [7, 11) is 0. The van der Waals surface area contributed by atoms with Crippen molar-refractivity contribution in [3.05, 3.63) is 180 Å². The van der Waals surface area contributed by atoms with Crippen molar-refractivity contribution in [2.45, 2.75) is 131 Å². The highest BCUT2D eigenvalue weighted by Crippen LogP contribution is 2.40. The molecule has 0 unspecified atom stereocenters. The Balaban J connectivity index is 1.27. The average Bonchev–Trinajstić information content (AvgIpc) is 3.88. The van der Waals surface area contributed by atoms with Gasteiger partial charge in [-0.15, -0.1) is 5.10 Å². The van der Waals surface area contributed by atoms with Gasteiger partial charge in [-0.2, -0.15) is 4.68 Å². The molecule has 0 saturated carbocycles. The molecule has 9 rings (SSSR count). The third-order valence-electron chi connectivity index (χ3n) is 13.4. The lowest BCUT2D eigenvalue weighted by atomic mass is 9.80. The van der Waals surface area contributed by atoms with E-state index in [-0.39, 0.29) is 27.1 Å². The molecule has 0 spiro atoms. The molecule has 0 N–H and O–H groups in total. The molecule has 6 aromatic carbocycles. The van der Waals surface area contributed by atoms with Crippen LogP contribution in [-0.4, -0.2) is 19.2 Å². The maximum atomic E-state index is 7.06. The second kappa shape index (κ2) is 17.0. The van der Waals surface area contributed by atoms with Crippen molar-refractivity contribution in [2.24, 2.45) is 0 Å². The summed E-state index contributed by atoms with van der Waals surface area (Å²) in [5.41, 5.74) is 12.8. The molecule has 9 aromatic rings. The quantitative estimate of drug-likeness (QED) is 0.118. The smallest absolute Gasteiger partial charge is 0.273 e. The first kappa shape index (κ1) is 47.3. The summed E-state index contributed by atoms with van der Waals surface area (Å²) in [6.07, 6.45) is 5.74. The van der Waals surface area contributed by atoms with Crippen LogP contribution in [0.5, 0.6) is 11.5 Å². The average molecular weight is 912 g/mol. The monoisotopic (exact) mass is 912 g/mol. The van der Waals surface area contributed by atoms with E-state index in [1.807, 2.05) is 10.9 Å². The minimum atomic E-state index is -0.213. The molecule has 0 aliphatic carbocycles. The molecular formula is C63H69N5O. The molecule has 0 radical (unpaired) electrons. The second-order valence-electron chi connectivity index (χ2n) is 24.1. The summed E-state index contributed by atoms with van der Waals surface area (Å²) in [4.78, 5) is 4.94. The Morgan fingerprint density at radius 3 is 1.71 bits per heavy atom. The topological polar surface area (TPSA) is 48.8 Å². The lowest BCUT2D eigenvalue weighted by molar-refractivity contribution is -0.660. The highest BCUT2D eigenvalue weighted by Gasteiger charge is 2.27.